The Morgan fingerprint density at radius 1 is 0.600 bits per heavy atom. The van der Waals surface area contributed by atoms with Crippen LogP contribution in [0.4, 0.5) is 11.4 Å². The number of nitrogens with one attached hydrogen (secondary N) is 2. The van der Waals surface area contributed by atoms with Gasteiger partial charge < -0.3 is 22.1 Å². The maximum Gasteiger partial charge on any atom is 0.196 e. The topological polar surface area (TPSA) is 110 Å². The quantitative estimate of drug-likeness (QED) is 0.341. The zero-order valence-corrected chi connectivity index (χ0v) is 17.5. The molecule has 6 heteroatoms. The fourth-order valence-corrected chi connectivity index (χ4v) is 3.87. The molecule has 0 saturated heterocycles. The molecule has 2 aromatic rings. The molecule has 1 aliphatic carbocycles. The maximum atomic E-state index is 13.3. The molecule has 3 rings (SSSR count). The van der Waals surface area contributed by atoms with Crippen molar-refractivity contribution in [2.45, 2.75) is 38.5 Å². The van der Waals surface area contributed by atoms with Gasteiger partial charge in [-0.05, 0) is 50.9 Å². The van der Waals surface area contributed by atoms with Gasteiger partial charge in [0.1, 0.15) is 0 Å². The molecule has 6 N–H and O–H groups in total. The summed E-state index contributed by atoms with van der Waals surface area (Å²) < 4.78 is 0. The van der Waals surface area contributed by atoms with E-state index in [2.05, 4.69) is 10.6 Å². The molecule has 0 unspecified atom stereocenters. The molecule has 0 heterocycles. The number of carbonyl (C=O) groups is 2. The van der Waals surface area contributed by atoms with Gasteiger partial charge in [-0.3, -0.25) is 9.59 Å². The Hall–Kier alpha value is -2.70. The Morgan fingerprint density at radius 3 is 1.43 bits per heavy atom. The molecule has 0 amide bonds. The Balaban J connectivity index is 1.80. The Morgan fingerprint density at radius 2 is 1.03 bits per heavy atom. The number of benzene rings is 2. The summed E-state index contributed by atoms with van der Waals surface area (Å²) in [5, 5.41) is 6.68. The minimum absolute atomic E-state index is 0.101. The zero-order chi connectivity index (χ0) is 21.3. The molecule has 0 saturated carbocycles. The molecule has 0 aliphatic heterocycles. The van der Waals surface area contributed by atoms with E-state index in [1.165, 1.54) is 0 Å². The Labute approximate surface area is 178 Å². The van der Waals surface area contributed by atoms with E-state index in [9.17, 15) is 9.59 Å². The van der Waals surface area contributed by atoms with Crippen LogP contribution < -0.4 is 22.1 Å². The summed E-state index contributed by atoms with van der Waals surface area (Å²) in [7, 11) is 0. The number of rotatable bonds is 12. The van der Waals surface area contributed by atoms with Crippen LogP contribution in [-0.4, -0.2) is 37.7 Å². The summed E-state index contributed by atoms with van der Waals surface area (Å²) in [6.45, 7) is 2.87. The van der Waals surface area contributed by atoms with Crippen LogP contribution in [0.5, 0.6) is 0 Å². The van der Waals surface area contributed by atoms with Crippen LogP contribution in [0.1, 0.15) is 70.4 Å². The average Bonchev–Trinajstić information content (AvgIpc) is 2.77. The van der Waals surface area contributed by atoms with Gasteiger partial charge in [-0.2, -0.15) is 0 Å². The number of carbonyl (C=O) groups excluding carboxylic acids is 2. The summed E-state index contributed by atoms with van der Waals surface area (Å²) in [4.78, 5) is 26.7. The highest BCUT2D eigenvalue weighted by atomic mass is 16.1. The van der Waals surface area contributed by atoms with E-state index in [1.54, 1.807) is 12.1 Å². The molecule has 0 bridgehead atoms. The van der Waals surface area contributed by atoms with Crippen molar-refractivity contribution in [3.05, 3.63) is 58.7 Å². The normalized spacial score (nSPS) is 12.5. The fraction of sp³-hybridized carbons (Fsp3) is 0.417. The number of hydrogen-bond donors (Lipinski definition) is 4. The van der Waals surface area contributed by atoms with Crippen molar-refractivity contribution >= 4 is 22.9 Å². The number of nitrogens with two attached hydrogens (primary N) is 2. The van der Waals surface area contributed by atoms with E-state index in [4.69, 9.17) is 11.5 Å². The highest BCUT2D eigenvalue weighted by Crippen LogP contribution is 2.35. The summed E-state index contributed by atoms with van der Waals surface area (Å²) in [5.41, 5.74) is 14.4. The van der Waals surface area contributed by atoms with Crippen molar-refractivity contribution in [1.82, 2.24) is 0 Å². The first kappa shape index (κ1) is 22.0. The predicted octanol–water partition coefficient (Wildman–Crippen LogP) is 3.54. The van der Waals surface area contributed by atoms with Crippen molar-refractivity contribution in [2.75, 3.05) is 36.8 Å². The van der Waals surface area contributed by atoms with Gasteiger partial charge in [0, 0.05) is 35.6 Å². The van der Waals surface area contributed by atoms with E-state index in [0.29, 0.717) is 35.3 Å². The van der Waals surface area contributed by atoms with Gasteiger partial charge in [0.25, 0.3) is 0 Å². The van der Waals surface area contributed by atoms with Crippen molar-refractivity contribution in [3.8, 4) is 0 Å². The zero-order valence-electron chi connectivity index (χ0n) is 17.5. The van der Waals surface area contributed by atoms with Gasteiger partial charge >= 0.3 is 0 Å². The fourth-order valence-electron chi connectivity index (χ4n) is 3.87. The third-order valence-electron chi connectivity index (χ3n) is 5.46. The number of unbranched alkanes of at least 4 members (excludes halogenated alkanes) is 4. The van der Waals surface area contributed by atoms with Crippen LogP contribution in [0, 0.1) is 0 Å². The van der Waals surface area contributed by atoms with Gasteiger partial charge in [0.05, 0.1) is 11.1 Å². The van der Waals surface area contributed by atoms with E-state index < -0.39 is 0 Å². The average molecular weight is 409 g/mol. The monoisotopic (exact) mass is 408 g/mol. The minimum atomic E-state index is -0.101. The molecule has 160 valence electrons. The molecule has 2 aromatic carbocycles. The summed E-state index contributed by atoms with van der Waals surface area (Å²) in [6.07, 6.45) is 5.99. The minimum Gasteiger partial charge on any atom is -0.384 e. The Kier molecular flexibility index (Phi) is 7.99. The Bertz CT molecular complexity index is 821. The second-order valence-electron chi connectivity index (χ2n) is 7.67. The highest BCUT2D eigenvalue weighted by molar-refractivity contribution is 6.31. The third kappa shape index (κ3) is 4.89. The molecular weight excluding hydrogens is 376 g/mol. The van der Waals surface area contributed by atoms with Gasteiger partial charge in [0.15, 0.2) is 11.6 Å². The van der Waals surface area contributed by atoms with Crippen LogP contribution in [0.2, 0.25) is 0 Å². The molecule has 1 aliphatic rings. The number of fused-ring (bicyclic) bond motifs is 2. The van der Waals surface area contributed by atoms with Crippen molar-refractivity contribution in [1.29, 1.82) is 0 Å². The molecule has 30 heavy (non-hydrogen) atoms. The van der Waals surface area contributed by atoms with Gasteiger partial charge in [0.2, 0.25) is 0 Å². The second kappa shape index (κ2) is 10.9. The van der Waals surface area contributed by atoms with E-state index in [0.717, 1.165) is 63.0 Å². The molecule has 0 fully saturated rings. The van der Waals surface area contributed by atoms with Crippen LogP contribution in [0.25, 0.3) is 0 Å². The van der Waals surface area contributed by atoms with Gasteiger partial charge in [-0.15, -0.1) is 0 Å². The molecule has 6 nitrogen and oxygen atoms in total. The molecular formula is C24H32N4O2. The van der Waals surface area contributed by atoms with Crippen LogP contribution in [0.15, 0.2) is 36.4 Å². The predicted molar refractivity (Wildman–Crippen MR) is 123 cm³/mol. The standard InChI is InChI=1S/C24H32N4O2/c25-13-3-1-5-15-27-19-11-7-9-17-21(19)23(29)18-10-8-12-20(22(18)24(17)30)28-16-6-2-4-14-26/h7-12,27-28H,1-6,13-16,25-26H2. The molecule has 0 radical (unpaired) electrons. The summed E-state index contributed by atoms with van der Waals surface area (Å²) >= 11 is 0. The van der Waals surface area contributed by atoms with Gasteiger partial charge in [-0.1, -0.05) is 37.1 Å². The smallest absolute Gasteiger partial charge is 0.196 e. The lowest BCUT2D eigenvalue weighted by molar-refractivity contribution is 0.0980. The summed E-state index contributed by atoms with van der Waals surface area (Å²) in [5.74, 6) is -0.201. The van der Waals surface area contributed by atoms with Crippen LogP contribution >= 0.6 is 0 Å². The lowest BCUT2D eigenvalue weighted by Crippen LogP contribution is -2.24. The third-order valence-corrected chi connectivity index (χ3v) is 5.46. The molecule has 0 atom stereocenters. The van der Waals surface area contributed by atoms with Crippen molar-refractivity contribution < 1.29 is 9.59 Å². The van der Waals surface area contributed by atoms with E-state index >= 15 is 0 Å². The van der Waals surface area contributed by atoms with Crippen LogP contribution in [-0.2, 0) is 0 Å². The second-order valence-corrected chi connectivity index (χ2v) is 7.67. The first-order chi connectivity index (χ1) is 14.7. The first-order valence-corrected chi connectivity index (χ1v) is 10.9. The lowest BCUT2D eigenvalue weighted by Gasteiger charge is -2.23. The van der Waals surface area contributed by atoms with Crippen molar-refractivity contribution in [2.24, 2.45) is 11.5 Å². The molecule has 0 spiro atoms. The van der Waals surface area contributed by atoms with E-state index in [1.807, 2.05) is 24.3 Å². The SMILES string of the molecule is NCCCCCNc1cccc2c1C(=O)c1cccc(NCCCCCN)c1C2=O. The largest absolute Gasteiger partial charge is 0.384 e. The highest BCUT2D eigenvalue weighted by Gasteiger charge is 2.33. The van der Waals surface area contributed by atoms with Crippen molar-refractivity contribution in [3.63, 3.8) is 0 Å². The van der Waals surface area contributed by atoms with Crippen LogP contribution in [0.3, 0.4) is 0 Å². The summed E-state index contributed by atoms with van der Waals surface area (Å²) in [6, 6.07) is 10.9. The lowest BCUT2D eigenvalue weighted by atomic mass is 9.82. The first-order valence-electron chi connectivity index (χ1n) is 10.9. The number of hydrogen-bond acceptors (Lipinski definition) is 6. The maximum absolute atomic E-state index is 13.3. The molecule has 0 aromatic heterocycles. The van der Waals surface area contributed by atoms with Gasteiger partial charge in [-0.25, -0.2) is 0 Å². The van der Waals surface area contributed by atoms with E-state index in [-0.39, 0.29) is 11.6 Å². The number of ketones is 2. The number of anilines is 2.